The summed E-state index contributed by atoms with van der Waals surface area (Å²) in [5.74, 6) is 0.902. The molecule has 0 heterocycles. The van der Waals surface area contributed by atoms with E-state index in [4.69, 9.17) is 4.74 Å². The minimum absolute atomic E-state index is 0.645. The summed E-state index contributed by atoms with van der Waals surface area (Å²) in [5, 5.41) is 3.30. The Balaban J connectivity index is 2.97. The summed E-state index contributed by atoms with van der Waals surface area (Å²) >= 11 is 0. The standard InChI is InChI=1S/C18H26N2O/c1-5-11-19-15-16-9-10-17(18(14-16)21-8-4)20(12-6-2)13-7-3/h5-7,9-10,14,19H,1-3,8,11-13,15H2,4H3. The predicted octanol–water partition coefficient (Wildman–Crippen LogP) is 3.54. The quantitative estimate of drug-likeness (QED) is 0.497. The van der Waals surface area contributed by atoms with Crippen molar-refractivity contribution in [2.45, 2.75) is 13.5 Å². The fourth-order valence-corrected chi connectivity index (χ4v) is 2.10. The Kier molecular flexibility index (Phi) is 7.99. The SMILES string of the molecule is C=CCNCc1ccc(N(CC=C)CC=C)c(OCC)c1. The van der Waals surface area contributed by atoms with Gasteiger partial charge in [0.05, 0.1) is 12.3 Å². The second kappa shape index (κ2) is 9.83. The molecule has 0 amide bonds. The molecular weight excluding hydrogens is 260 g/mol. The molecule has 1 aromatic carbocycles. The van der Waals surface area contributed by atoms with Crippen molar-refractivity contribution in [1.29, 1.82) is 0 Å². The summed E-state index contributed by atoms with van der Waals surface area (Å²) in [7, 11) is 0. The van der Waals surface area contributed by atoms with E-state index < -0.39 is 0 Å². The maximum absolute atomic E-state index is 5.80. The summed E-state index contributed by atoms with van der Waals surface area (Å²) in [6, 6.07) is 6.31. The molecule has 3 nitrogen and oxygen atoms in total. The van der Waals surface area contributed by atoms with Crippen molar-refractivity contribution in [2.24, 2.45) is 0 Å². The van der Waals surface area contributed by atoms with Crippen molar-refractivity contribution < 1.29 is 4.74 Å². The number of nitrogens with zero attached hydrogens (tertiary/aromatic N) is 1. The van der Waals surface area contributed by atoms with E-state index in [1.165, 1.54) is 5.56 Å². The highest BCUT2D eigenvalue weighted by molar-refractivity contribution is 5.60. The van der Waals surface area contributed by atoms with Gasteiger partial charge in [-0.05, 0) is 24.6 Å². The van der Waals surface area contributed by atoms with Crippen LogP contribution in [0.15, 0.2) is 56.2 Å². The summed E-state index contributed by atoms with van der Waals surface area (Å²) in [6.07, 6.45) is 5.63. The molecule has 0 bridgehead atoms. The van der Waals surface area contributed by atoms with Crippen molar-refractivity contribution in [3.05, 3.63) is 61.7 Å². The first-order valence-corrected chi connectivity index (χ1v) is 7.30. The summed E-state index contributed by atoms with van der Waals surface area (Å²) in [4.78, 5) is 2.19. The third-order valence-corrected chi connectivity index (χ3v) is 2.98. The Hall–Kier alpha value is -2.00. The monoisotopic (exact) mass is 286 g/mol. The van der Waals surface area contributed by atoms with Gasteiger partial charge in [0.2, 0.25) is 0 Å². The smallest absolute Gasteiger partial charge is 0.142 e. The number of benzene rings is 1. The predicted molar refractivity (Wildman–Crippen MR) is 92.1 cm³/mol. The molecule has 0 aliphatic heterocycles. The van der Waals surface area contributed by atoms with Gasteiger partial charge in [-0.2, -0.15) is 0 Å². The van der Waals surface area contributed by atoms with Gasteiger partial charge in [0.25, 0.3) is 0 Å². The Bertz CT molecular complexity index is 458. The van der Waals surface area contributed by atoms with E-state index in [2.05, 4.69) is 48.2 Å². The zero-order valence-corrected chi connectivity index (χ0v) is 13.0. The maximum atomic E-state index is 5.80. The molecule has 0 aromatic heterocycles. The Labute approximate surface area is 128 Å². The number of ether oxygens (including phenoxy) is 1. The number of rotatable bonds is 11. The van der Waals surface area contributed by atoms with Gasteiger partial charge < -0.3 is 15.0 Å². The van der Waals surface area contributed by atoms with Crippen LogP contribution in [0.5, 0.6) is 5.75 Å². The van der Waals surface area contributed by atoms with E-state index in [0.29, 0.717) is 6.61 Å². The van der Waals surface area contributed by atoms with Crippen LogP contribution in [0.3, 0.4) is 0 Å². The molecule has 1 rings (SSSR count). The van der Waals surface area contributed by atoms with E-state index in [1.54, 1.807) is 0 Å². The van der Waals surface area contributed by atoms with Gasteiger partial charge >= 0.3 is 0 Å². The normalized spacial score (nSPS) is 9.95. The van der Waals surface area contributed by atoms with Crippen molar-refractivity contribution in [3.8, 4) is 5.75 Å². The van der Waals surface area contributed by atoms with Crippen LogP contribution >= 0.6 is 0 Å². The van der Waals surface area contributed by atoms with Crippen molar-refractivity contribution in [1.82, 2.24) is 5.32 Å². The molecule has 0 saturated carbocycles. The zero-order valence-electron chi connectivity index (χ0n) is 13.0. The molecule has 3 heteroatoms. The van der Waals surface area contributed by atoms with E-state index in [-0.39, 0.29) is 0 Å². The fraction of sp³-hybridized carbons (Fsp3) is 0.333. The molecular formula is C18H26N2O. The zero-order chi connectivity index (χ0) is 15.5. The van der Waals surface area contributed by atoms with Gasteiger partial charge in [-0.15, -0.1) is 19.7 Å². The minimum atomic E-state index is 0.645. The molecule has 1 aromatic rings. The van der Waals surface area contributed by atoms with Crippen LogP contribution in [0.2, 0.25) is 0 Å². The van der Waals surface area contributed by atoms with E-state index in [9.17, 15) is 0 Å². The lowest BCUT2D eigenvalue weighted by Crippen LogP contribution is -2.24. The molecule has 1 N–H and O–H groups in total. The summed E-state index contributed by atoms with van der Waals surface area (Å²) in [5.41, 5.74) is 2.27. The summed E-state index contributed by atoms with van der Waals surface area (Å²) in [6.45, 7) is 17.1. The second-order valence-corrected chi connectivity index (χ2v) is 4.64. The first-order chi connectivity index (χ1) is 10.3. The average Bonchev–Trinajstić information content (AvgIpc) is 2.48. The highest BCUT2D eigenvalue weighted by Crippen LogP contribution is 2.29. The number of anilines is 1. The highest BCUT2D eigenvalue weighted by atomic mass is 16.5. The van der Waals surface area contributed by atoms with Crippen LogP contribution in [-0.4, -0.2) is 26.2 Å². The van der Waals surface area contributed by atoms with Gasteiger partial charge in [-0.3, -0.25) is 0 Å². The maximum Gasteiger partial charge on any atom is 0.142 e. The van der Waals surface area contributed by atoms with Crippen LogP contribution in [-0.2, 0) is 6.54 Å². The topological polar surface area (TPSA) is 24.5 Å². The largest absolute Gasteiger partial charge is 0.492 e. The van der Waals surface area contributed by atoms with Crippen LogP contribution in [0.1, 0.15) is 12.5 Å². The number of hydrogen-bond acceptors (Lipinski definition) is 3. The Morgan fingerprint density at radius 3 is 2.43 bits per heavy atom. The van der Waals surface area contributed by atoms with Crippen LogP contribution in [0.25, 0.3) is 0 Å². The van der Waals surface area contributed by atoms with Crippen molar-refractivity contribution in [2.75, 3.05) is 31.1 Å². The third kappa shape index (κ3) is 5.48. The molecule has 0 atom stereocenters. The molecule has 0 spiro atoms. The van der Waals surface area contributed by atoms with Crippen LogP contribution in [0.4, 0.5) is 5.69 Å². The molecule has 114 valence electrons. The molecule has 0 saturated heterocycles. The van der Waals surface area contributed by atoms with Crippen LogP contribution in [0, 0.1) is 0 Å². The van der Waals surface area contributed by atoms with Crippen molar-refractivity contribution >= 4 is 5.69 Å². The first-order valence-electron chi connectivity index (χ1n) is 7.30. The van der Waals surface area contributed by atoms with E-state index in [1.807, 2.05) is 25.2 Å². The molecule has 0 aliphatic carbocycles. The van der Waals surface area contributed by atoms with Gasteiger partial charge in [0, 0.05) is 26.2 Å². The van der Waals surface area contributed by atoms with Gasteiger partial charge in [-0.1, -0.05) is 24.3 Å². The Morgan fingerprint density at radius 1 is 1.14 bits per heavy atom. The molecule has 21 heavy (non-hydrogen) atoms. The average molecular weight is 286 g/mol. The molecule has 0 radical (unpaired) electrons. The second-order valence-electron chi connectivity index (χ2n) is 4.64. The van der Waals surface area contributed by atoms with Crippen molar-refractivity contribution in [3.63, 3.8) is 0 Å². The van der Waals surface area contributed by atoms with Gasteiger partial charge in [0.1, 0.15) is 5.75 Å². The molecule has 0 fully saturated rings. The lowest BCUT2D eigenvalue weighted by Gasteiger charge is -2.24. The molecule has 0 unspecified atom stereocenters. The lowest BCUT2D eigenvalue weighted by atomic mass is 10.1. The third-order valence-electron chi connectivity index (χ3n) is 2.98. The highest BCUT2D eigenvalue weighted by Gasteiger charge is 2.11. The van der Waals surface area contributed by atoms with Gasteiger partial charge in [0.15, 0.2) is 0 Å². The number of hydrogen-bond donors (Lipinski definition) is 1. The number of nitrogens with one attached hydrogen (secondary N) is 1. The minimum Gasteiger partial charge on any atom is -0.492 e. The van der Waals surface area contributed by atoms with E-state index >= 15 is 0 Å². The first kappa shape index (κ1) is 17.1. The van der Waals surface area contributed by atoms with E-state index in [0.717, 1.165) is 37.6 Å². The summed E-state index contributed by atoms with van der Waals surface area (Å²) < 4.78 is 5.80. The van der Waals surface area contributed by atoms with Gasteiger partial charge in [-0.25, -0.2) is 0 Å². The fourth-order valence-electron chi connectivity index (χ4n) is 2.10. The molecule has 0 aliphatic rings. The Morgan fingerprint density at radius 2 is 1.86 bits per heavy atom. The lowest BCUT2D eigenvalue weighted by molar-refractivity contribution is 0.340. The van der Waals surface area contributed by atoms with Crippen LogP contribution < -0.4 is 15.0 Å².